The first-order valence-corrected chi connectivity index (χ1v) is 11.4. The van der Waals surface area contributed by atoms with Crippen molar-refractivity contribution in [1.29, 1.82) is 0 Å². The molecule has 1 N–H and O–H groups in total. The quantitative estimate of drug-likeness (QED) is 0.869. The number of fused-ring (bicyclic) bond motifs is 1. The van der Waals surface area contributed by atoms with E-state index < -0.39 is 19.9 Å². The summed E-state index contributed by atoms with van der Waals surface area (Å²) in [6, 6.07) is 14.2. The summed E-state index contributed by atoms with van der Waals surface area (Å²) in [7, 11) is -7.01. The molecule has 25 heavy (non-hydrogen) atoms. The van der Waals surface area contributed by atoms with Crippen LogP contribution in [0.4, 0.5) is 5.69 Å². The Bertz CT molecular complexity index is 1040. The average molecular weight is 377 g/mol. The molecule has 0 fully saturated rings. The summed E-state index contributed by atoms with van der Waals surface area (Å²) in [5, 5.41) is 0. The summed E-state index contributed by atoms with van der Waals surface area (Å²) in [4.78, 5) is 0.306. The lowest BCUT2D eigenvalue weighted by atomic mass is 9.98. The maximum Gasteiger partial charge on any atom is 0.258 e. The molecule has 0 saturated carbocycles. The third kappa shape index (κ3) is 4.29. The molecule has 3 rings (SSSR count). The zero-order chi connectivity index (χ0) is 18.1. The first-order valence-electron chi connectivity index (χ1n) is 7.81. The molecule has 7 heteroatoms. The van der Waals surface area contributed by atoms with Gasteiger partial charge in [0.05, 0.1) is 16.3 Å². The van der Waals surface area contributed by atoms with Crippen LogP contribution in [0.15, 0.2) is 53.4 Å². The fourth-order valence-electron chi connectivity index (χ4n) is 2.86. The summed E-state index contributed by atoms with van der Waals surface area (Å²) in [5.41, 5.74) is 2.76. The Hall–Kier alpha value is -2.12. The van der Waals surface area contributed by atoms with E-state index in [1.54, 1.807) is 30.3 Å². The molecule has 2 aromatic rings. The molecule has 0 spiro atoms. The highest BCUT2D eigenvalue weighted by Crippen LogP contribution is 2.29. The minimum Gasteiger partial charge on any atom is -0.280 e. The Morgan fingerprint density at radius 1 is 0.920 bits per heavy atom. The number of anilines is 1. The lowest BCUT2D eigenvalue weighted by Gasteiger charge is -2.18. The lowest BCUT2D eigenvalue weighted by molar-refractivity contribution is 0.599. The SMILES string of the molecule is CS(=O)(=O)Cc1ccccc1NS(=O)(=O)C1=Cc2ccccc2CC1. The van der Waals surface area contributed by atoms with Gasteiger partial charge in [0, 0.05) is 6.26 Å². The van der Waals surface area contributed by atoms with Crippen molar-refractivity contribution in [3.05, 3.63) is 70.1 Å². The van der Waals surface area contributed by atoms with E-state index in [1.165, 1.54) is 0 Å². The molecule has 1 aliphatic carbocycles. The van der Waals surface area contributed by atoms with Gasteiger partial charge in [-0.25, -0.2) is 16.8 Å². The second-order valence-electron chi connectivity index (χ2n) is 6.14. The smallest absolute Gasteiger partial charge is 0.258 e. The molecular formula is C18H19NO4S2. The van der Waals surface area contributed by atoms with Crippen molar-refractivity contribution in [2.45, 2.75) is 18.6 Å². The third-order valence-corrected chi connectivity index (χ3v) is 6.37. The topological polar surface area (TPSA) is 80.3 Å². The molecule has 0 radical (unpaired) electrons. The minimum absolute atomic E-state index is 0.215. The van der Waals surface area contributed by atoms with Crippen LogP contribution in [0.2, 0.25) is 0 Å². The summed E-state index contributed by atoms with van der Waals surface area (Å²) in [5.74, 6) is -0.215. The van der Waals surface area contributed by atoms with E-state index in [0.29, 0.717) is 29.0 Å². The molecule has 0 aliphatic heterocycles. The van der Waals surface area contributed by atoms with E-state index in [9.17, 15) is 16.8 Å². The number of rotatable bonds is 5. The number of hydrogen-bond acceptors (Lipinski definition) is 4. The first-order chi connectivity index (χ1) is 11.7. The molecule has 0 saturated heterocycles. The molecule has 132 valence electrons. The van der Waals surface area contributed by atoms with Crippen LogP contribution < -0.4 is 4.72 Å². The van der Waals surface area contributed by atoms with Crippen LogP contribution in [0.25, 0.3) is 6.08 Å². The molecule has 0 atom stereocenters. The van der Waals surface area contributed by atoms with Crippen molar-refractivity contribution in [3.63, 3.8) is 0 Å². The van der Waals surface area contributed by atoms with Gasteiger partial charge in [-0.15, -0.1) is 0 Å². The maximum absolute atomic E-state index is 12.8. The molecule has 0 heterocycles. The number of allylic oxidation sites excluding steroid dienone is 1. The maximum atomic E-state index is 12.8. The van der Waals surface area contributed by atoms with Crippen LogP contribution in [0, 0.1) is 0 Å². The van der Waals surface area contributed by atoms with E-state index >= 15 is 0 Å². The zero-order valence-corrected chi connectivity index (χ0v) is 15.4. The van der Waals surface area contributed by atoms with Crippen molar-refractivity contribution < 1.29 is 16.8 Å². The highest BCUT2D eigenvalue weighted by Gasteiger charge is 2.23. The Morgan fingerprint density at radius 3 is 2.36 bits per heavy atom. The molecule has 2 aromatic carbocycles. The predicted octanol–water partition coefficient (Wildman–Crippen LogP) is 2.96. The van der Waals surface area contributed by atoms with Gasteiger partial charge in [-0.2, -0.15) is 0 Å². The van der Waals surface area contributed by atoms with Gasteiger partial charge < -0.3 is 0 Å². The summed E-state index contributed by atoms with van der Waals surface area (Å²) in [6.45, 7) is 0. The highest BCUT2D eigenvalue weighted by atomic mass is 32.2. The average Bonchev–Trinajstić information content (AvgIpc) is 2.55. The largest absolute Gasteiger partial charge is 0.280 e. The van der Waals surface area contributed by atoms with E-state index in [2.05, 4.69) is 4.72 Å². The normalized spacial score (nSPS) is 14.5. The number of benzene rings is 2. The molecule has 0 aromatic heterocycles. The molecular weight excluding hydrogens is 358 g/mol. The second-order valence-corrected chi connectivity index (χ2v) is 10.0. The molecule has 0 amide bonds. The summed E-state index contributed by atoms with van der Waals surface area (Å²) in [6.07, 6.45) is 3.88. The van der Waals surface area contributed by atoms with Gasteiger partial charge in [-0.05, 0) is 41.7 Å². The van der Waals surface area contributed by atoms with E-state index in [1.807, 2.05) is 24.3 Å². The molecule has 0 bridgehead atoms. The van der Waals surface area contributed by atoms with E-state index in [0.717, 1.165) is 17.4 Å². The third-order valence-electron chi connectivity index (χ3n) is 4.04. The summed E-state index contributed by atoms with van der Waals surface area (Å²) >= 11 is 0. The highest BCUT2D eigenvalue weighted by molar-refractivity contribution is 7.96. The van der Waals surface area contributed by atoms with Gasteiger partial charge in [-0.3, -0.25) is 4.72 Å². The molecule has 0 unspecified atom stereocenters. The van der Waals surface area contributed by atoms with Gasteiger partial charge in [0.2, 0.25) is 0 Å². The fraction of sp³-hybridized carbons (Fsp3) is 0.222. The van der Waals surface area contributed by atoms with Crippen LogP contribution in [-0.4, -0.2) is 23.1 Å². The van der Waals surface area contributed by atoms with Gasteiger partial charge in [0.25, 0.3) is 10.0 Å². The lowest BCUT2D eigenvalue weighted by Crippen LogP contribution is -2.18. The number of sulfone groups is 1. The number of para-hydroxylation sites is 1. The van der Waals surface area contributed by atoms with Crippen molar-refractivity contribution in [2.24, 2.45) is 0 Å². The van der Waals surface area contributed by atoms with E-state index in [4.69, 9.17) is 0 Å². The van der Waals surface area contributed by atoms with Crippen LogP contribution in [0.5, 0.6) is 0 Å². The predicted molar refractivity (Wildman–Crippen MR) is 100 cm³/mol. The van der Waals surface area contributed by atoms with Gasteiger partial charge in [0.1, 0.15) is 0 Å². The van der Waals surface area contributed by atoms with Crippen molar-refractivity contribution in [2.75, 3.05) is 11.0 Å². The van der Waals surface area contributed by atoms with Crippen LogP contribution >= 0.6 is 0 Å². The van der Waals surface area contributed by atoms with Crippen LogP contribution in [0.1, 0.15) is 23.1 Å². The standard InChI is InChI=1S/C18H19NO4S2/c1-24(20,21)13-16-8-4-5-9-18(16)19-25(22,23)17-11-10-14-6-2-3-7-15(14)12-17/h2-9,12,19H,10-11,13H2,1H3. The fourth-order valence-corrected chi connectivity index (χ4v) is 4.95. The summed E-state index contributed by atoms with van der Waals surface area (Å²) < 4.78 is 51.2. The van der Waals surface area contributed by atoms with Gasteiger partial charge in [-0.1, -0.05) is 42.5 Å². The monoisotopic (exact) mass is 377 g/mol. The van der Waals surface area contributed by atoms with Crippen molar-refractivity contribution in [1.82, 2.24) is 0 Å². The number of nitrogens with one attached hydrogen (secondary N) is 1. The second kappa shape index (κ2) is 6.65. The van der Waals surface area contributed by atoms with Crippen molar-refractivity contribution in [3.8, 4) is 0 Å². The molecule has 1 aliphatic rings. The first kappa shape index (κ1) is 17.7. The zero-order valence-electron chi connectivity index (χ0n) is 13.8. The Labute approximate surface area is 148 Å². The molecule has 5 nitrogen and oxygen atoms in total. The number of aryl methyl sites for hydroxylation is 1. The van der Waals surface area contributed by atoms with Crippen LogP contribution in [-0.2, 0) is 32.0 Å². The van der Waals surface area contributed by atoms with E-state index in [-0.39, 0.29) is 5.75 Å². The Morgan fingerprint density at radius 2 is 1.60 bits per heavy atom. The van der Waals surface area contributed by atoms with Crippen LogP contribution in [0.3, 0.4) is 0 Å². The minimum atomic E-state index is -3.74. The Kier molecular flexibility index (Phi) is 4.71. The Balaban J connectivity index is 1.92. The van der Waals surface area contributed by atoms with Crippen molar-refractivity contribution >= 4 is 31.6 Å². The number of hydrogen-bond donors (Lipinski definition) is 1. The van der Waals surface area contributed by atoms with Gasteiger partial charge in [0.15, 0.2) is 9.84 Å². The van der Waals surface area contributed by atoms with Gasteiger partial charge >= 0.3 is 0 Å². The number of sulfonamides is 1.